The van der Waals surface area contributed by atoms with E-state index in [0.717, 1.165) is 5.56 Å². The second-order valence-corrected chi connectivity index (χ2v) is 7.08. The molecule has 154 valence electrons. The largest absolute Gasteiger partial charge is 0.493 e. The molecule has 0 saturated heterocycles. The van der Waals surface area contributed by atoms with Crippen LogP contribution in [0.4, 0.5) is 11.4 Å². The maximum absolute atomic E-state index is 12.4. The molecule has 0 aliphatic carbocycles. The van der Waals surface area contributed by atoms with E-state index in [4.69, 9.17) is 11.6 Å². The van der Waals surface area contributed by atoms with Crippen LogP contribution in [0.5, 0.6) is 5.88 Å². The predicted molar refractivity (Wildman–Crippen MR) is 116 cm³/mol. The van der Waals surface area contributed by atoms with E-state index in [-0.39, 0.29) is 22.8 Å². The molecule has 0 radical (unpaired) electrons. The van der Waals surface area contributed by atoms with Crippen LogP contribution in [-0.4, -0.2) is 20.5 Å². The van der Waals surface area contributed by atoms with Gasteiger partial charge in [0.05, 0.1) is 17.0 Å². The standard InChI is InChI=1S/C22H15ClN4O4/c23-18-7-3-1-5-15(18)13-26-19-8-4-2-6-17(19)20(22(26)29)24-25-21(28)14-9-11-16(12-10-14)27(30)31/h1-12,29H,13H2. The minimum Gasteiger partial charge on any atom is -0.493 e. The van der Waals surface area contributed by atoms with Crippen molar-refractivity contribution in [3.63, 3.8) is 0 Å². The van der Waals surface area contributed by atoms with Crippen molar-refractivity contribution in [2.24, 2.45) is 10.2 Å². The first-order chi connectivity index (χ1) is 15.0. The second kappa shape index (κ2) is 8.37. The summed E-state index contributed by atoms with van der Waals surface area (Å²) in [5.41, 5.74) is 1.68. The molecule has 1 amide bonds. The molecule has 0 atom stereocenters. The summed E-state index contributed by atoms with van der Waals surface area (Å²) in [6, 6.07) is 19.6. The number of hydrogen-bond donors (Lipinski definition) is 1. The van der Waals surface area contributed by atoms with Gasteiger partial charge in [-0.2, -0.15) is 0 Å². The molecule has 0 bridgehead atoms. The number of carbonyl (C=O) groups is 1. The number of nitro groups is 1. The average molecular weight is 435 g/mol. The number of aromatic hydroxyl groups is 1. The van der Waals surface area contributed by atoms with E-state index in [0.29, 0.717) is 22.5 Å². The van der Waals surface area contributed by atoms with Gasteiger partial charge in [0.1, 0.15) is 0 Å². The molecule has 4 rings (SSSR count). The predicted octanol–water partition coefficient (Wildman–Crippen LogP) is 5.88. The van der Waals surface area contributed by atoms with Crippen molar-refractivity contribution in [1.82, 2.24) is 4.57 Å². The van der Waals surface area contributed by atoms with E-state index in [1.165, 1.54) is 24.3 Å². The van der Waals surface area contributed by atoms with E-state index in [1.807, 2.05) is 30.3 Å². The van der Waals surface area contributed by atoms with Crippen LogP contribution in [0.3, 0.4) is 0 Å². The van der Waals surface area contributed by atoms with Crippen molar-refractivity contribution in [2.45, 2.75) is 6.54 Å². The fourth-order valence-corrected chi connectivity index (χ4v) is 3.40. The Morgan fingerprint density at radius 1 is 1.03 bits per heavy atom. The smallest absolute Gasteiger partial charge is 0.295 e. The number of rotatable bonds is 5. The van der Waals surface area contributed by atoms with Gasteiger partial charge in [-0.05, 0) is 29.8 Å². The van der Waals surface area contributed by atoms with Gasteiger partial charge >= 0.3 is 0 Å². The summed E-state index contributed by atoms with van der Waals surface area (Å²) in [4.78, 5) is 22.5. The van der Waals surface area contributed by atoms with Gasteiger partial charge in [-0.3, -0.25) is 14.9 Å². The average Bonchev–Trinajstić information content (AvgIpc) is 3.04. The second-order valence-electron chi connectivity index (χ2n) is 6.68. The molecule has 0 unspecified atom stereocenters. The molecule has 0 spiro atoms. The normalized spacial score (nSPS) is 11.3. The van der Waals surface area contributed by atoms with Crippen LogP contribution in [0.15, 0.2) is 83.0 Å². The number of halogens is 1. The van der Waals surface area contributed by atoms with Crippen LogP contribution in [0, 0.1) is 10.1 Å². The monoisotopic (exact) mass is 434 g/mol. The van der Waals surface area contributed by atoms with E-state index < -0.39 is 10.8 Å². The van der Waals surface area contributed by atoms with E-state index in [1.54, 1.807) is 22.8 Å². The Labute approximate surface area is 181 Å². The number of amides is 1. The first-order valence-electron chi connectivity index (χ1n) is 9.20. The maximum atomic E-state index is 12.4. The number of nitro benzene ring substituents is 1. The summed E-state index contributed by atoms with van der Waals surface area (Å²) >= 11 is 6.26. The minimum absolute atomic E-state index is 0.131. The molecule has 8 nitrogen and oxygen atoms in total. The highest BCUT2D eigenvalue weighted by Crippen LogP contribution is 2.39. The van der Waals surface area contributed by atoms with Crippen LogP contribution in [0.1, 0.15) is 15.9 Å². The quantitative estimate of drug-likeness (QED) is 0.240. The van der Waals surface area contributed by atoms with Crippen molar-refractivity contribution in [2.75, 3.05) is 0 Å². The van der Waals surface area contributed by atoms with Gasteiger partial charge in [0.25, 0.3) is 11.6 Å². The molecule has 1 aromatic heterocycles. The van der Waals surface area contributed by atoms with Crippen LogP contribution >= 0.6 is 11.6 Å². The maximum Gasteiger partial charge on any atom is 0.295 e. The summed E-state index contributed by atoms with van der Waals surface area (Å²) in [6.45, 7) is 0.303. The van der Waals surface area contributed by atoms with Crippen molar-refractivity contribution >= 4 is 39.8 Å². The molecule has 31 heavy (non-hydrogen) atoms. The fraction of sp³-hybridized carbons (Fsp3) is 0.0455. The van der Waals surface area contributed by atoms with Crippen LogP contribution in [0.25, 0.3) is 10.9 Å². The molecule has 0 aliphatic heterocycles. The number of azo groups is 1. The number of benzene rings is 3. The number of fused-ring (bicyclic) bond motifs is 1. The number of non-ortho nitro benzene ring substituents is 1. The van der Waals surface area contributed by atoms with Gasteiger partial charge < -0.3 is 9.67 Å². The number of para-hydroxylation sites is 1. The molecule has 1 N–H and O–H groups in total. The lowest BCUT2D eigenvalue weighted by Gasteiger charge is -2.08. The van der Waals surface area contributed by atoms with Crippen molar-refractivity contribution in [3.05, 3.63) is 99.1 Å². The minimum atomic E-state index is -0.683. The molecule has 9 heteroatoms. The number of nitrogens with zero attached hydrogens (tertiary/aromatic N) is 4. The number of carbonyl (C=O) groups excluding carboxylic acids is 1. The molecule has 0 saturated carbocycles. The Balaban J connectivity index is 1.69. The topological polar surface area (TPSA) is 110 Å². The third-order valence-corrected chi connectivity index (χ3v) is 5.14. The number of aromatic nitrogens is 1. The lowest BCUT2D eigenvalue weighted by molar-refractivity contribution is -0.384. The molecule has 1 heterocycles. The summed E-state index contributed by atoms with van der Waals surface area (Å²) in [7, 11) is 0. The van der Waals surface area contributed by atoms with Gasteiger partial charge in [0.2, 0.25) is 5.88 Å². The zero-order valence-electron chi connectivity index (χ0n) is 16.0. The van der Waals surface area contributed by atoms with Crippen molar-refractivity contribution in [3.8, 4) is 5.88 Å². The lowest BCUT2D eigenvalue weighted by Crippen LogP contribution is -1.99. The highest BCUT2D eigenvalue weighted by Gasteiger charge is 2.18. The van der Waals surface area contributed by atoms with Crippen molar-refractivity contribution < 1.29 is 14.8 Å². The van der Waals surface area contributed by atoms with Crippen LogP contribution in [0.2, 0.25) is 5.02 Å². The Morgan fingerprint density at radius 2 is 1.71 bits per heavy atom. The summed E-state index contributed by atoms with van der Waals surface area (Å²) in [6.07, 6.45) is 0. The Morgan fingerprint density at radius 3 is 2.42 bits per heavy atom. The number of hydrogen-bond acceptors (Lipinski definition) is 5. The SMILES string of the molecule is O=C(N=Nc1c(O)n(Cc2ccccc2Cl)c2ccccc12)c1ccc([N+](=O)[O-])cc1. The van der Waals surface area contributed by atoms with Crippen molar-refractivity contribution in [1.29, 1.82) is 0 Å². The summed E-state index contributed by atoms with van der Waals surface area (Å²) in [5, 5.41) is 30.5. The van der Waals surface area contributed by atoms with Crippen LogP contribution in [-0.2, 0) is 6.54 Å². The third-order valence-electron chi connectivity index (χ3n) is 4.77. The Bertz CT molecular complexity index is 1330. The molecular weight excluding hydrogens is 420 g/mol. The summed E-state index contributed by atoms with van der Waals surface area (Å²) < 4.78 is 1.64. The zero-order chi connectivity index (χ0) is 22.0. The van der Waals surface area contributed by atoms with Gasteiger partial charge in [-0.1, -0.05) is 48.0 Å². The molecule has 4 aromatic rings. The molecule has 0 fully saturated rings. The highest BCUT2D eigenvalue weighted by atomic mass is 35.5. The summed E-state index contributed by atoms with van der Waals surface area (Å²) in [5.74, 6) is -0.835. The van der Waals surface area contributed by atoms with Gasteiger partial charge in [0.15, 0.2) is 5.69 Å². The van der Waals surface area contributed by atoms with E-state index in [9.17, 15) is 20.0 Å². The lowest BCUT2D eigenvalue weighted by atomic mass is 10.2. The van der Waals surface area contributed by atoms with Gasteiger partial charge in [-0.15, -0.1) is 10.2 Å². The Hall–Kier alpha value is -4.04. The zero-order valence-corrected chi connectivity index (χ0v) is 16.7. The molecule has 0 aliphatic rings. The van der Waals surface area contributed by atoms with E-state index in [2.05, 4.69) is 10.2 Å². The molecule has 3 aromatic carbocycles. The van der Waals surface area contributed by atoms with Gasteiger partial charge in [-0.25, -0.2) is 0 Å². The highest BCUT2D eigenvalue weighted by molar-refractivity contribution is 6.31. The van der Waals surface area contributed by atoms with Gasteiger partial charge in [0, 0.05) is 28.1 Å². The molecular formula is C22H15ClN4O4. The fourth-order valence-electron chi connectivity index (χ4n) is 3.21. The van der Waals surface area contributed by atoms with Crippen LogP contribution < -0.4 is 0 Å². The Kier molecular flexibility index (Phi) is 5.46. The third kappa shape index (κ3) is 4.01. The first-order valence-corrected chi connectivity index (χ1v) is 9.57. The first kappa shape index (κ1) is 20.2. The van der Waals surface area contributed by atoms with E-state index >= 15 is 0 Å².